The Labute approximate surface area is 103 Å². The van der Waals surface area contributed by atoms with Crippen molar-refractivity contribution in [3.63, 3.8) is 0 Å². The Bertz CT molecular complexity index is 402. The standard InChI is InChI=1S/C15H21NO/c17-11-12-8-9-16(10-12)15-7-3-5-13-4-1-2-6-14(13)15/h3,5,7,12,17H,1-2,4,6,8-11H2. The topological polar surface area (TPSA) is 23.5 Å². The molecule has 0 aromatic heterocycles. The van der Waals surface area contributed by atoms with Gasteiger partial charge in [0, 0.05) is 31.3 Å². The zero-order chi connectivity index (χ0) is 11.7. The summed E-state index contributed by atoms with van der Waals surface area (Å²) in [5.74, 6) is 0.481. The van der Waals surface area contributed by atoms with Crippen LogP contribution in [0.5, 0.6) is 0 Å². The zero-order valence-electron chi connectivity index (χ0n) is 10.4. The van der Waals surface area contributed by atoms with Crippen molar-refractivity contribution in [2.75, 3.05) is 24.6 Å². The van der Waals surface area contributed by atoms with Crippen LogP contribution in [0.25, 0.3) is 0 Å². The van der Waals surface area contributed by atoms with Crippen molar-refractivity contribution in [2.24, 2.45) is 5.92 Å². The molecule has 1 heterocycles. The first-order valence-electron chi connectivity index (χ1n) is 6.85. The molecule has 0 bridgehead atoms. The molecule has 0 radical (unpaired) electrons. The van der Waals surface area contributed by atoms with Crippen LogP contribution in [0.2, 0.25) is 0 Å². The molecule has 1 saturated heterocycles. The summed E-state index contributed by atoms with van der Waals surface area (Å²) in [6, 6.07) is 6.76. The number of hydrogen-bond donors (Lipinski definition) is 1. The molecule has 1 aliphatic heterocycles. The molecule has 1 aromatic rings. The predicted octanol–water partition coefficient (Wildman–Crippen LogP) is 2.38. The molecule has 1 fully saturated rings. The van der Waals surface area contributed by atoms with Crippen molar-refractivity contribution >= 4 is 5.69 Å². The van der Waals surface area contributed by atoms with Gasteiger partial charge in [-0.1, -0.05) is 12.1 Å². The van der Waals surface area contributed by atoms with Crippen LogP contribution < -0.4 is 4.90 Å². The van der Waals surface area contributed by atoms with Gasteiger partial charge in [0.2, 0.25) is 0 Å². The molecule has 2 aliphatic rings. The lowest BCUT2D eigenvalue weighted by molar-refractivity contribution is 0.238. The smallest absolute Gasteiger partial charge is 0.0476 e. The van der Waals surface area contributed by atoms with Gasteiger partial charge < -0.3 is 10.0 Å². The largest absolute Gasteiger partial charge is 0.396 e. The molecule has 0 saturated carbocycles. The van der Waals surface area contributed by atoms with Crippen molar-refractivity contribution in [3.05, 3.63) is 29.3 Å². The Morgan fingerprint density at radius 1 is 1.24 bits per heavy atom. The highest BCUT2D eigenvalue weighted by Gasteiger charge is 2.24. The molecule has 2 heteroatoms. The van der Waals surface area contributed by atoms with E-state index in [1.807, 2.05) is 0 Å². The SMILES string of the molecule is OCC1CCN(c2cccc3c2CCCC3)C1. The minimum atomic E-state index is 0.339. The molecule has 1 aromatic carbocycles. The van der Waals surface area contributed by atoms with Gasteiger partial charge in [0.05, 0.1) is 0 Å². The number of benzene rings is 1. The summed E-state index contributed by atoms with van der Waals surface area (Å²) >= 11 is 0. The number of hydrogen-bond acceptors (Lipinski definition) is 2. The van der Waals surface area contributed by atoms with Crippen LogP contribution in [-0.4, -0.2) is 24.8 Å². The number of nitrogens with zero attached hydrogens (tertiary/aromatic N) is 1. The van der Waals surface area contributed by atoms with E-state index in [1.54, 1.807) is 11.1 Å². The Morgan fingerprint density at radius 2 is 2.12 bits per heavy atom. The van der Waals surface area contributed by atoms with E-state index in [1.165, 1.54) is 31.4 Å². The molecule has 2 nitrogen and oxygen atoms in total. The van der Waals surface area contributed by atoms with Gasteiger partial charge in [0.1, 0.15) is 0 Å². The highest BCUT2D eigenvalue weighted by atomic mass is 16.3. The summed E-state index contributed by atoms with van der Waals surface area (Å²) in [5, 5.41) is 9.24. The molecule has 1 aliphatic carbocycles. The van der Waals surface area contributed by atoms with E-state index >= 15 is 0 Å². The van der Waals surface area contributed by atoms with Crippen LogP contribution in [0.3, 0.4) is 0 Å². The second-order valence-corrected chi connectivity index (χ2v) is 5.41. The number of aliphatic hydroxyl groups excluding tert-OH is 1. The maximum atomic E-state index is 9.24. The third kappa shape index (κ3) is 2.06. The molecular weight excluding hydrogens is 210 g/mol. The summed E-state index contributed by atoms with van der Waals surface area (Å²) in [7, 11) is 0. The maximum Gasteiger partial charge on any atom is 0.0476 e. The molecule has 17 heavy (non-hydrogen) atoms. The fourth-order valence-electron chi connectivity index (χ4n) is 3.26. The van der Waals surface area contributed by atoms with Gasteiger partial charge in [-0.3, -0.25) is 0 Å². The lowest BCUT2D eigenvalue weighted by Gasteiger charge is -2.26. The van der Waals surface area contributed by atoms with Crippen LogP contribution in [0.15, 0.2) is 18.2 Å². The lowest BCUT2D eigenvalue weighted by atomic mass is 9.90. The van der Waals surface area contributed by atoms with Gasteiger partial charge in [0.25, 0.3) is 0 Å². The number of aryl methyl sites for hydroxylation is 1. The normalized spacial score (nSPS) is 23.8. The van der Waals surface area contributed by atoms with Gasteiger partial charge in [-0.25, -0.2) is 0 Å². The van der Waals surface area contributed by atoms with Gasteiger partial charge in [-0.15, -0.1) is 0 Å². The van der Waals surface area contributed by atoms with Gasteiger partial charge in [0.15, 0.2) is 0 Å². The van der Waals surface area contributed by atoms with Gasteiger partial charge in [-0.05, 0) is 49.3 Å². The Balaban J connectivity index is 1.88. The maximum absolute atomic E-state index is 9.24. The van der Waals surface area contributed by atoms with Crippen molar-refractivity contribution in [3.8, 4) is 0 Å². The highest BCUT2D eigenvalue weighted by molar-refractivity contribution is 5.58. The fourth-order valence-corrected chi connectivity index (χ4v) is 3.26. The number of anilines is 1. The highest BCUT2D eigenvalue weighted by Crippen LogP contribution is 2.33. The van der Waals surface area contributed by atoms with Crippen LogP contribution in [0.4, 0.5) is 5.69 Å². The van der Waals surface area contributed by atoms with Crippen molar-refractivity contribution < 1.29 is 5.11 Å². The van der Waals surface area contributed by atoms with Gasteiger partial charge in [-0.2, -0.15) is 0 Å². The van der Waals surface area contributed by atoms with Crippen molar-refractivity contribution in [1.29, 1.82) is 0 Å². The average Bonchev–Trinajstić information content (AvgIpc) is 2.87. The summed E-state index contributed by atoms with van der Waals surface area (Å²) in [6.45, 7) is 2.49. The van der Waals surface area contributed by atoms with Crippen molar-refractivity contribution in [2.45, 2.75) is 32.1 Å². The van der Waals surface area contributed by atoms with Crippen LogP contribution >= 0.6 is 0 Å². The fraction of sp³-hybridized carbons (Fsp3) is 0.600. The quantitative estimate of drug-likeness (QED) is 0.844. The average molecular weight is 231 g/mol. The molecule has 92 valence electrons. The number of aliphatic hydroxyl groups is 1. The monoisotopic (exact) mass is 231 g/mol. The molecular formula is C15H21NO. The van der Waals surface area contributed by atoms with E-state index in [-0.39, 0.29) is 0 Å². The van der Waals surface area contributed by atoms with E-state index in [0.717, 1.165) is 19.5 Å². The Hall–Kier alpha value is -1.02. The molecule has 3 rings (SSSR count). The molecule has 1 N–H and O–H groups in total. The second kappa shape index (κ2) is 4.69. The van der Waals surface area contributed by atoms with Crippen molar-refractivity contribution in [1.82, 2.24) is 0 Å². The molecule has 0 spiro atoms. The number of fused-ring (bicyclic) bond motifs is 1. The Morgan fingerprint density at radius 3 is 2.94 bits per heavy atom. The van der Waals surface area contributed by atoms with E-state index in [4.69, 9.17) is 0 Å². The van der Waals surface area contributed by atoms with Crippen LogP contribution in [0.1, 0.15) is 30.4 Å². The van der Waals surface area contributed by atoms with Crippen LogP contribution in [-0.2, 0) is 12.8 Å². The summed E-state index contributed by atoms with van der Waals surface area (Å²) in [6.07, 6.45) is 6.31. The van der Waals surface area contributed by atoms with E-state index in [2.05, 4.69) is 23.1 Å². The van der Waals surface area contributed by atoms with Gasteiger partial charge >= 0.3 is 0 Å². The molecule has 1 unspecified atom stereocenters. The second-order valence-electron chi connectivity index (χ2n) is 5.41. The first-order valence-corrected chi connectivity index (χ1v) is 6.85. The van der Waals surface area contributed by atoms with E-state index < -0.39 is 0 Å². The van der Waals surface area contributed by atoms with Crippen LogP contribution in [0, 0.1) is 5.92 Å². The minimum absolute atomic E-state index is 0.339. The minimum Gasteiger partial charge on any atom is -0.396 e. The molecule has 0 amide bonds. The summed E-state index contributed by atoms with van der Waals surface area (Å²) in [4.78, 5) is 2.48. The van der Waals surface area contributed by atoms with E-state index in [9.17, 15) is 5.11 Å². The third-order valence-corrected chi connectivity index (χ3v) is 4.26. The summed E-state index contributed by atoms with van der Waals surface area (Å²) < 4.78 is 0. The van der Waals surface area contributed by atoms with E-state index in [0.29, 0.717) is 12.5 Å². The Kier molecular flexibility index (Phi) is 3.06. The zero-order valence-corrected chi connectivity index (χ0v) is 10.4. The predicted molar refractivity (Wildman–Crippen MR) is 70.5 cm³/mol. The summed E-state index contributed by atoms with van der Waals surface area (Å²) in [5.41, 5.74) is 4.58. The third-order valence-electron chi connectivity index (χ3n) is 4.26. The first kappa shape index (κ1) is 11.1. The first-order chi connectivity index (χ1) is 8.38. The molecule has 1 atom stereocenters. The number of rotatable bonds is 2. The lowest BCUT2D eigenvalue weighted by Crippen LogP contribution is -2.23.